The Balaban J connectivity index is 1.67. The Morgan fingerprint density at radius 3 is 2.81 bits per heavy atom. The van der Waals surface area contributed by atoms with Gasteiger partial charge in [-0.05, 0) is 37.7 Å². The van der Waals surface area contributed by atoms with Gasteiger partial charge >= 0.3 is 0 Å². The number of guanidine groups is 1. The number of methoxy groups -OCH3 is 1. The van der Waals surface area contributed by atoms with Crippen LogP contribution in [0.3, 0.4) is 0 Å². The Hall–Kier alpha value is -1.86. The number of pyridine rings is 1. The Morgan fingerprint density at radius 2 is 2.12 bits per heavy atom. The van der Waals surface area contributed by atoms with Crippen molar-refractivity contribution in [3.8, 4) is 5.88 Å². The van der Waals surface area contributed by atoms with Crippen LogP contribution in [-0.2, 0) is 16.0 Å². The average Bonchev–Trinajstić information content (AvgIpc) is 3.49. The van der Waals surface area contributed by atoms with Crippen LogP contribution in [0.15, 0.2) is 23.3 Å². The van der Waals surface area contributed by atoms with Crippen LogP contribution in [0.1, 0.15) is 31.7 Å². The van der Waals surface area contributed by atoms with Crippen LogP contribution in [0, 0.1) is 5.92 Å². The molecule has 0 bridgehead atoms. The van der Waals surface area contributed by atoms with Crippen molar-refractivity contribution >= 4 is 5.96 Å². The van der Waals surface area contributed by atoms with Crippen LogP contribution in [0.25, 0.3) is 0 Å². The standard InChI is InChI=1S/C19H32N4O3/c1-3-20-19(21-9-4-10-25-12-11-24-2)23-14-17-7-8-18(22-13-17)26-15-16-5-6-16/h7-8,13,16H,3-6,9-12,14-15H2,1-2H3,(H2,20,21,23). The molecule has 0 saturated heterocycles. The van der Waals surface area contributed by atoms with Gasteiger partial charge in [0.1, 0.15) is 0 Å². The summed E-state index contributed by atoms with van der Waals surface area (Å²) in [5, 5.41) is 6.56. The molecule has 0 spiro atoms. The number of aliphatic imine (C=N–C) groups is 1. The van der Waals surface area contributed by atoms with Crippen LogP contribution >= 0.6 is 0 Å². The Bertz CT molecular complexity index is 518. The summed E-state index contributed by atoms with van der Waals surface area (Å²) in [6.07, 6.45) is 5.32. The molecule has 7 nitrogen and oxygen atoms in total. The van der Waals surface area contributed by atoms with E-state index in [-0.39, 0.29) is 0 Å². The molecule has 1 fully saturated rings. The summed E-state index contributed by atoms with van der Waals surface area (Å²) in [6.45, 7) is 7.03. The third-order valence-corrected chi connectivity index (χ3v) is 3.92. The minimum atomic E-state index is 0.579. The van der Waals surface area contributed by atoms with Gasteiger partial charge in [0.05, 0.1) is 26.4 Å². The maximum absolute atomic E-state index is 5.66. The molecule has 0 amide bonds. The van der Waals surface area contributed by atoms with Crippen LogP contribution in [0.4, 0.5) is 0 Å². The lowest BCUT2D eigenvalue weighted by Gasteiger charge is -2.11. The van der Waals surface area contributed by atoms with Gasteiger partial charge in [-0.1, -0.05) is 6.07 Å². The minimum Gasteiger partial charge on any atom is -0.477 e. The van der Waals surface area contributed by atoms with Gasteiger partial charge in [-0.15, -0.1) is 0 Å². The summed E-state index contributed by atoms with van der Waals surface area (Å²) < 4.78 is 16.1. The number of rotatable bonds is 13. The van der Waals surface area contributed by atoms with Crippen molar-refractivity contribution in [1.29, 1.82) is 0 Å². The number of nitrogens with zero attached hydrogens (tertiary/aromatic N) is 2. The molecule has 1 aromatic heterocycles. The predicted molar refractivity (Wildman–Crippen MR) is 103 cm³/mol. The van der Waals surface area contributed by atoms with E-state index in [9.17, 15) is 0 Å². The first-order valence-electron chi connectivity index (χ1n) is 9.48. The number of hydrogen-bond acceptors (Lipinski definition) is 5. The van der Waals surface area contributed by atoms with E-state index in [0.717, 1.165) is 43.6 Å². The van der Waals surface area contributed by atoms with E-state index in [4.69, 9.17) is 14.2 Å². The fraction of sp³-hybridized carbons (Fsp3) is 0.684. The second kappa shape index (κ2) is 12.5. The van der Waals surface area contributed by atoms with Crippen LogP contribution in [-0.4, -0.2) is 57.6 Å². The van der Waals surface area contributed by atoms with Gasteiger partial charge < -0.3 is 24.8 Å². The molecule has 146 valence electrons. The lowest BCUT2D eigenvalue weighted by atomic mass is 10.3. The Labute approximate surface area is 156 Å². The molecule has 2 N–H and O–H groups in total. The molecule has 0 aliphatic heterocycles. The molecule has 0 radical (unpaired) electrons. The normalized spacial score (nSPS) is 14.3. The summed E-state index contributed by atoms with van der Waals surface area (Å²) in [5.41, 5.74) is 1.06. The number of hydrogen-bond donors (Lipinski definition) is 2. The molecule has 0 aromatic carbocycles. The zero-order valence-electron chi connectivity index (χ0n) is 16.0. The van der Waals surface area contributed by atoms with Crippen LogP contribution in [0.5, 0.6) is 5.88 Å². The molecular weight excluding hydrogens is 332 g/mol. The molecule has 1 aliphatic rings. The van der Waals surface area contributed by atoms with Gasteiger partial charge in [-0.3, -0.25) is 0 Å². The first kappa shape index (κ1) is 20.5. The molecule has 1 aromatic rings. The van der Waals surface area contributed by atoms with Gasteiger partial charge in [0.15, 0.2) is 5.96 Å². The Morgan fingerprint density at radius 1 is 1.23 bits per heavy atom. The quantitative estimate of drug-likeness (QED) is 0.317. The summed E-state index contributed by atoms with van der Waals surface area (Å²) in [7, 11) is 1.67. The maximum Gasteiger partial charge on any atom is 0.213 e. The fourth-order valence-corrected chi connectivity index (χ4v) is 2.22. The monoisotopic (exact) mass is 364 g/mol. The summed E-state index contributed by atoms with van der Waals surface area (Å²) >= 11 is 0. The van der Waals surface area contributed by atoms with Gasteiger partial charge in [-0.2, -0.15) is 0 Å². The maximum atomic E-state index is 5.66. The van der Waals surface area contributed by atoms with Crippen molar-refractivity contribution in [3.63, 3.8) is 0 Å². The molecule has 1 aliphatic carbocycles. The van der Waals surface area contributed by atoms with Crippen LogP contribution in [0.2, 0.25) is 0 Å². The molecule has 7 heteroatoms. The highest BCUT2D eigenvalue weighted by Gasteiger charge is 2.21. The van der Waals surface area contributed by atoms with Crippen molar-refractivity contribution in [2.75, 3.05) is 46.6 Å². The molecule has 1 saturated carbocycles. The van der Waals surface area contributed by atoms with E-state index in [0.29, 0.717) is 32.2 Å². The lowest BCUT2D eigenvalue weighted by Crippen LogP contribution is -2.38. The smallest absolute Gasteiger partial charge is 0.213 e. The van der Waals surface area contributed by atoms with Gasteiger partial charge in [0.2, 0.25) is 5.88 Å². The minimum absolute atomic E-state index is 0.579. The van der Waals surface area contributed by atoms with Crippen molar-refractivity contribution in [1.82, 2.24) is 15.6 Å². The van der Waals surface area contributed by atoms with Gasteiger partial charge in [0, 0.05) is 39.1 Å². The molecular formula is C19H32N4O3. The van der Waals surface area contributed by atoms with Crippen LogP contribution < -0.4 is 15.4 Å². The molecule has 0 unspecified atom stereocenters. The number of ether oxygens (including phenoxy) is 3. The highest BCUT2D eigenvalue weighted by atomic mass is 16.5. The van der Waals surface area contributed by atoms with E-state index >= 15 is 0 Å². The first-order valence-corrected chi connectivity index (χ1v) is 9.48. The molecule has 0 atom stereocenters. The average molecular weight is 364 g/mol. The summed E-state index contributed by atoms with van der Waals surface area (Å²) in [4.78, 5) is 8.95. The van der Waals surface area contributed by atoms with Gasteiger partial charge in [0.25, 0.3) is 0 Å². The largest absolute Gasteiger partial charge is 0.477 e. The predicted octanol–water partition coefficient (Wildman–Crippen LogP) is 1.98. The third-order valence-electron chi connectivity index (χ3n) is 3.92. The van der Waals surface area contributed by atoms with E-state index < -0.39 is 0 Å². The lowest BCUT2D eigenvalue weighted by molar-refractivity contribution is 0.0698. The highest BCUT2D eigenvalue weighted by molar-refractivity contribution is 5.79. The van der Waals surface area contributed by atoms with Crippen molar-refractivity contribution in [2.24, 2.45) is 10.9 Å². The van der Waals surface area contributed by atoms with E-state index in [1.807, 2.05) is 18.3 Å². The highest BCUT2D eigenvalue weighted by Crippen LogP contribution is 2.29. The van der Waals surface area contributed by atoms with Crippen molar-refractivity contribution in [2.45, 2.75) is 32.7 Å². The zero-order valence-corrected chi connectivity index (χ0v) is 16.0. The summed E-state index contributed by atoms with van der Waals surface area (Å²) in [6, 6.07) is 3.94. The Kier molecular flexibility index (Phi) is 9.82. The van der Waals surface area contributed by atoms with E-state index in [1.165, 1.54) is 12.8 Å². The fourth-order valence-electron chi connectivity index (χ4n) is 2.22. The topological polar surface area (TPSA) is 77.0 Å². The third kappa shape index (κ3) is 9.01. The van der Waals surface area contributed by atoms with Gasteiger partial charge in [-0.25, -0.2) is 9.98 Å². The molecule has 2 rings (SSSR count). The number of aromatic nitrogens is 1. The molecule has 1 heterocycles. The van der Waals surface area contributed by atoms with Crippen molar-refractivity contribution in [3.05, 3.63) is 23.9 Å². The van der Waals surface area contributed by atoms with E-state index in [1.54, 1.807) is 7.11 Å². The first-order chi connectivity index (χ1) is 12.8. The SMILES string of the molecule is CCNC(=NCc1ccc(OCC2CC2)nc1)NCCCOCCOC. The second-order valence-electron chi connectivity index (χ2n) is 6.34. The number of nitrogens with one attached hydrogen (secondary N) is 2. The van der Waals surface area contributed by atoms with Crippen molar-refractivity contribution < 1.29 is 14.2 Å². The van der Waals surface area contributed by atoms with E-state index in [2.05, 4.69) is 27.5 Å². The summed E-state index contributed by atoms with van der Waals surface area (Å²) in [5.74, 6) is 2.24. The molecule has 26 heavy (non-hydrogen) atoms. The zero-order chi connectivity index (χ0) is 18.5. The second-order valence-corrected chi connectivity index (χ2v) is 6.34.